The highest BCUT2D eigenvalue weighted by molar-refractivity contribution is 6.22. The zero-order chi connectivity index (χ0) is 20.1. The van der Waals surface area contributed by atoms with Crippen LogP contribution in [-0.4, -0.2) is 43.0 Å². The number of nitrogens with zero attached hydrogens (tertiary/aromatic N) is 2. The summed E-state index contributed by atoms with van der Waals surface area (Å²) in [5, 5.41) is 14.3. The fourth-order valence-corrected chi connectivity index (χ4v) is 2.91. The number of carbonyl (C=O) groups excluding carboxylic acids is 3. The first-order valence-corrected chi connectivity index (χ1v) is 8.61. The molecule has 0 atom stereocenters. The fourth-order valence-electron chi connectivity index (χ4n) is 2.91. The molecule has 2 aromatic rings. The maximum Gasteiger partial charge on any atom is 0.323 e. The maximum atomic E-state index is 12.5. The van der Waals surface area contributed by atoms with Crippen molar-refractivity contribution in [2.24, 2.45) is 0 Å². The maximum absolute atomic E-state index is 12.5. The SMILES string of the molecule is COCCCN1C(=O)c2ccc(NC(=O)Nc3ccccc3C#N)cc2C1=O. The quantitative estimate of drug-likeness (QED) is 0.593. The molecule has 0 saturated heterocycles. The molecule has 28 heavy (non-hydrogen) atoms. The van der Waals surface area contributed by atoms with E-state index in [2.05, 4.69) is 10.6 Å². The minimum absolute atomic E-state index is 0.248. The monoisotopic (exact) mass is 378 g/mol. The first-order valence-electron chi connectivity index (χ1n) is 8.61. The van der Waals surface area contributed by atoms with E-state index in [1.54, 1.807) is 37.4 Å². The van der Waals surface area contributed by atoms with Crippen molar-refractivity contribution in [1.82, 2.24) is 4.90 Å². The van der Waals surface area contributed by atoms with Gasteiger partial charge in [0.15, 0.2) is 0 Å². The van der Waals surface area contributed by atoms with Gasteiger partial charge in [-0.05, 0) is 36.8 Å². The van der Waals surface area contributed by atoms with Crippen LogP contribution in [0.2, 0.25) is 0 Å². The second-order valence-corrected chi connectivity index (χ2v) is 6.11. The molecule has 0 saturated carbocycles. The number of rotatable bonds is 6. The van der Waals surface area contributed by atoms with Gasteiger partial charge in [0.05, 0.1) is 22.4 Å². The van der Waals surface area contributed by atoms with E-state index < -0.39 is 11.9 Å². The second kappa shape index (κ2) is 8.33. The van der Waals surface area contributed by atoms with Crippen LogP contribution in [0, 0.1) is 11.3 Å². The summed E-state index contributed by atoms with van der Waals surface area (Å²) in [6.45, 7) is 0.721. The minimum atomic E-state index is -0.559. The molecular formula is C20H18N4O4. The molecule has 0 radical (unpaired) electrons. The highest BCUT2D eigenvalue weighted by atomic mass is 16.5. The number of benzene rings is 2. The fraction of sp³-hybridized carbons (Fsp3) is 0.200. The van der Waals surface area contributed by atoms with E-state index in [4.69, 9.17) is 10.00 Å². The molecule has 142 valence electrons. The van der Waals surface area contributed by atoms with Crippen LogP contribution < -0.4 is 10.6 Å². The van der Waals surface area contributed by atoms with Crippen LogP contribution in [0.5, 0.6) is 0 Å². The van der Waals surface area contributed by atoms with Gasteiger partial charge in [-0.2, -0.15) is 5.26 Å². The number of ether oxygens (including phenoxy) is 1. The number of imide groups is 1. The van der Waals surface area contributed by atoms with Gasteiger partial charge < -0.3 is 15.4 Å². The van der Waals surface area contributed by atoms with Crippen LogP contribution in [0.25, 0.3) is 0 Å². The molecule has 2 aromatic carbocycles. The topological polar surface area (TPSA) is 112 Å². The summed E-state index contributed by atoms with van der Waals surface area (Å²) in [5.74, 6) is -0.745. The van der Waals surface area contributed by atoms with Crippen LogP contribution >= 0.6 is 0 Å². The molecule has 1 heterocycles. The van der Waals surface area contributed by atoms with Gasteiger partial charge >= 0.3 is 6.03 Å². The van der Waals surface area contributed by atoms with Gasteiger partial charge in [-0.15, -0.1) is 0 Å². The number of hydrogen-bond donors (Lipinski definition) is 2. The molecule has 1 aliphatic heterocycles. The van der Waals surface area contributed by atoms with Gasteiger partial charge in [-0.3, -0.25) is 14.5 Å². The number of nitriles is 1. The van der Waals surface area contributed by atoms with E-state index in [1.165, 1.54) is 17.0 Å². The lowest BCUT2D eigenvalue weighted by Gasteiger charge is -2.12. The van der Waals surface area contributed by atoms with E-state index in [0.717, 1.165) is 0 Å². The van der Waals surface area contributed by atoms with Crippen molar-refractivity contribution in [3.8, 4) is 6.07 Å². The Morgan fingerprint density at radius 1 is 1.11 bits per heavy atom. The lowest BCUT2D eigenvalue weighted by Crippen LogP contribution is -2.31. The summed E-state index contributed by atoms with van der Waals surface area (Å²) in [7, 11) is 1.56. The van der Waals surface area contributed by atoms with Crippen molar-refractivity contribution >= 4 is 29.2 Å². The summed E-state index contributed by atoms with van der Waals surface area (Å²) in [4.78, 5) is 38.3. The average molecular weight is 378 g/mol. The summed E-state index contributed by atoms with van der Waals surface area (Å²) in [6.07, 6.45) is 0.549. The van der Waals surface area contributed by atoms with Crippen LogP contribution in [0.15, 0.2) is 42.5 Å². The number of carbonyl (C=O) groups is 3. The van der Waals surface area contributed by atoms with Crippen molar-refractivity contribution < 1.29 is 19.1 Å². The van der Waals surface area contributed by atoms with E-state index in [0.29, 0.717) is 35.5 Å². The van der Waals surface area contributed by atoms with E-state index in [-0.39, 0.29) is 18.0 Å². The van der Waals surface area contributed by atoms with Gasteiger partial charge in [-0.25, -0.2) is 4.79 Å². The number of para-hydroxylation sites is 1. The van der Waals surface area contributed by atoms with Gasteiger partial charge in [0.25, 0.3) is 11.8 Å². The molecule has 0 bridgehead atoms. The molecule has 1 aliphatic rings. The summed E-state index contributed by atoms with van der Waals surface area (Å²) in [5.41, 5.74) is 1.63. The summed E-state index contributed by atoms with van der Waals surface area (Å²) >= 11 is 0. The van der Waals surface area contributed by atoms with Crippen LogP contribution in [0.3, 0.4) is 0 Å². The first-order chi connectivity index (χ1) is 13.5. The largest absolute Gasteiger partial charge is 0.385 e. The highest BCUT2D eigenvalue weighted by Gasteiger charge is 2.35. The third kappa shape index (κ3) is 3.84. The highest BCUT2D eigenvalue weighted by Crippen LogP contribution is 2.26. The Morgan fingerprint density at radius 3 is 2.61 bits per heavy atom. The Kier molecular flexibility index (Phi) is 5.67. The third-order valence-corrected chi connectivity index (χ3v) is 4.25. The molecule has 0 aromatic heterocycles. The normalized spacial score (nSPS) is 12.5. The first kappa shape index (κ1) is 19.1. The van der Waals surface area contributed by atoms with Crippen LogP contribution in [-0.2, 0) is 4.74 Å². The van der Waals surface area contributed by atoms with Gasteiger partial charge in [0.2, 0.25) is 0 Å². The average Bonchev–Trinajstić information content (AvgIpc) is 2.93. The summed E-state index contributed by atoms with van der Waals surface area (Å²) < 4.78 is 4.95. The van der Waals surface area contributed by atoms with Crippen LogP contribution in [0.1, 0.15) is 32.7 Å². The molecule has 0 fully saturated rings. The van der Waals surface area contributed by atoms with E-state index >= 15 is 0 Å². The van der Waals surface area contributed by atoms with Crippen molar-refractivity contribution in [1.29, 1.82) is 5.26 Å². The van der Waals surface area contributed by atoms with E-state index in [9.17, 15) is 14.4 Å². The third-order valence-electron chi connectivity index (χ3n) is 4.25. The zero-order valence-electron chi connectivity index (χ0n) is 15.2. The Morgan fingerprint density at radius 2 is 1.86 bits per heavy atom. The number of fused-ring (bicyclic) bond motifs is 1. The number of urea groups is 1. The predicted octanol–water partition coefficient (Wildman–Crippen LogP) is 2.83. The Hall–Kier alpha value is -3.70. The molecule has 3 rings (SSSR count). The molecule has 8 nitrogen and oxygen atoms in total. The zero-order valence-corrected chi connectivity index (χ0v) is 15.2. The molecule has 2 N–H and O–H groups in total. The lowest BCUT2D eigenvalue weighted by molar-refractivity contribution is 0.0638. The smallest absolute Gasteiger partial charge is 0.323 e. The Bertz CT molecular complexity index is 980. The number of amides is 4. The second-order valence-electron chi connectivity index (χ2n) is 6.11. The van der Waals surface area contributed by atoms with Gasteiger partial charge in [-0.1, -0.05) is 12.1 Å². The lowest BCUT2D eigenvalue weighted by atomic mass is 10.1. The Labute approximate surface area is 161 Å². The van der Waals surface area contributed by atoms with Gasteiger partial charge in [0.1, 0.15) is 6.07 Å². The number of anilines is 2. The van der Waals surface area contributed by atoms with E-state index in [1.807, 2.05) is 6.07 Å². The van der Waals surface area contributed by atoms with Crippen molar-refractivity contribution in [2.75, 3.05) is 30.9 Å². The van der Waals surface area contributed by atoms with Crippen molar-refractivity contribution in [3.05, 3.63) is 59.2 Å². The van der Waals surface area contributed by atoms with Crippen molar-refractivity contribution in [3.63, 3.8) is 0 Å². The number of nitrogens with one attached hydrogen (secondary N) is 2. The molecular weight excluding hydrogens is 360 g/mol. The predicted molar refractivity (Wildman–Crippen MR) is 102 cm³/mol. The standard InChI is InChI=1S/C20H18N4O4/c1-28-10-4-9-24-18(25)15-8-7-14(11-16(15)19(24)26)22-20(27)23-17-6-3-2-5-13(17)12-21/h2-3,5-8,11H,4,9-10H2,1H3,(H2,22,23,27). The molecule has 0 unspecified atom stereocenters. The molecule has 8 heteroatoms. The minimum Gasteiger partial charge on any atom is -0.385 e. The number of methoxy groups -OCH3 is 1. The molecule has 4 amide bonds. The van der Waals surface area contributed by atoms with Crippen LogP contribution in [0.4, 0.5) is 16.2 Å². The summed E-state index contributed by atoms with van der Waals surface area (Å²) in [6, 6.07) is 12.6. The van der Waals surface area contributed by atoms with Crippen molar-refractivity contribution in [2.45, 2.75) is 6.42 Å². The van der Waals surface area contributed by atoms with Gasteiger partial charge in [0, 0.05) is 25.9 Å². The number of hydrogen-bond acceptors (Lipinski definition) is 5. The molecule has 0 aliphatic carbocycles. The molecule has 0 spiro atoms. The Balaban J connectivity index is 1.71.